The fourth-order valence-corrected chi connectivity index (χ4v) is 4.35. The van der Waals surface area contributed by atoms with Gasteiger partial charge in [0.25, 0.3) is 0 Å². The summed E-state index contributed by atoms with van der Waals surface area (Å²) in [6, 6.07) is 12.5. The maximum absolute atomic E-state index is 12.2. The molecule has 1 aliphatic rings. The van der Waals surface area contributed by atoms with Crippen molar-refractivity contribution in [3.8, 4) is 5.75 Å². The van der Waals surface area contributed by atoms with Gasteiger partial charge in [-0.3, -0.25) is 9.69 Å². The van der Waals surface area contributed by atoms with Crippen LogP contribution in [0.4, 0.5) is 0 Å². The lowest BCUT2D eigenvalue weighted by Crippen LogP contribution is -2.40. The first-order valence-electron chi connectivity index (χ1n) is 10.1. The van der Waals surface area contributed by atoms with Crippen molar-refractivity contribution in [3.63, 3.8) is 0 Å². The molecule has 2 unspecified atom stereocenters. The van der Waals surface area contributed by atoms with E-state index in [1.165, 1.54) is 5.56 Å². The van der Waals surface area contributed by atoms with Gasteiger partial charge in [0.05, 0.1) is 13.7 Å². The third-order valence-electron chi connectivity index (χ3n) is 5.69. The zero-order valence-corrected chi connectivity index (χ0v) is 17.6. The molecule has 152 valence electrons. The lowest BCUT2D eigenvalue weighted by Gasteiger charge is -2.31. The van der Waals surface area contributed by atoms with E-state index in [0.29, 0.717) is 11.8 Å². The normalized spacial score (nSPS) is 19.9. The average molecular weight is 385 g/mol. The van der Waals surface area contributed by atoms with Crippen molar-refractivity contribution in [3.05, 3.63) is 53.5 Å². The van der Waals surface area contributed by atoms with E-state index in [-0.39, 0.29) is 11.9 Å². The van der Waals surface area contributed by atoms with Crippen LogP contribution < -0.4 is 4.74 Å². The number of carbonyl (C=O) groups is 1. The summed E-state index contributed by atoms with van der Waals surface area (Å²) >= 11 is 0. The van der Waals surface area contributed by atoms with Crippen LogP contribution in [0, 0.1) is 12.8 Å². The first kappa shape index (κ1) is 20.5. The van der Waals surface area contributed by atoms with Gasteiger partial charge >= 0.3 is 0 Å². The van der Waals surface area contributed by atoms with Crippen molar-refractivity contribution in [2.45, 2.75) is 46.2 Å². The van der Waals surface area contributed by atoms with Gasteiger partial charge in [-0.05, 0) is 50.5 Å². The number of furan rings is 1. The van der Waals surface area contributed by atoms with Gasteiger partial charge < -0.3 is 14.1 Å². The average Bonchev–Trinajstić information content (AvgIpc) is 3.25. The number of rotatable bonds is 7. The molecular formula is C23H32N2O3. The Balaban J connectivity index is 1.85. The molecule has 0 aliphatic carbocycles. The van der Waals surface area contributed by atoms with Gasteiger partial charge in [0.15, 0.2) is 0 Å². The SMILES string of the molecule is COc1ccccc1C1CN(Cc2ccc(C)o2)CC1CN(C(C)=O)C(C)C. The van der Waals surface area contributed by atoms with Gasteiger partial charge in [0, 0.05) is 38.5 Å². The van der Waals surface area contributed by atoms with E-state index >= 15 is 0 Å². The zero-order chi connectivity index (χ0) is 20.3. The first-order valence-corrected chi connectivity index (χ1v) is 10.1. The highest BCUT2D eigenvalue weighted by molar-refractivity contribution is 5.73. The molecule has 0 radical (unpaired) electrons. The second kappa shape index (κ2) is 8.82. The van der Waals surface area contributed by atoms with Crippen LogP contribution in [-0.2, 0) is 11.3 Å². The highest BCUT2D eigenvalue weighted by Crippen LogP contribution is 2.38. The fraction of sp³-hybridized carbons (Fsp3) is 0.522. The number of amides is 1. The molecule has 0 spiro atoms. The van der Waals surface area contributed by atoms with E-state index in [4.69, 9.17) is 9.15 Å². The molecule has 2 aromatic rings. The van der Waals surface area contributed by atoms with Crippen LogP contribution in [0.3, 0.4) is 0 Å². The summed E-state index contributed by atoms with van der Waals surface area (Å²) in [4.78, 5) is 16.6. The van der Waals surface area contributed by atoms with E-state index in [0.717, 1.165) is 43.4 Å². The van der Waals surface area contributed by atoms with E-state index in [2.05, 4.69) is 36.9 Å². The molecule has 1 fully saturated rings. The van der Waals surface area contributed by atoms with Crippen molar-refractivity contribution in [2.75, 3.05) is 26.7 Å². The van der Waals surface area contributed by atoms with E-state index in [1.807, 2.05) is 30.0 Å². The highest BCUT2D eigenvalue weighted by atomic mass is 16.5. The number of carbonyl (C=O) groups excluding carboxylic acids is 1. The number of para-hydroxylation sites is 1. The molecule has 1 aliphatic heterocycles. The van der Waals surface area contributed by atoms with Crippen molar-refractivity contribution >= 4 is 5.91 Å². The Hall–Kier alpha value is -2.27. The maximum atomic E-state index is 12.2. The smallest absolute Gasteiger partial charge is 0.219 e. The number of methoxy groups -OCH3 is 1. The van der Waals surface area contributed by atoms with Gasteiger partial charge in [0.2, 0.25) is 5.91 Å². The molecule has 5 heteroatoms. The zero-order valence-electron chi connectivity index (χ0n) is 17.6. The molecule has 1 saturated heterocycles. The van der Waals surface area contributed by atoms with Crippen LogP contribution >= 0.6 is 0 Å². The summed E-state index contributed by atoms with van der Waals surface area (Å²) in [5.74, 6) is 3.64. The third-order valence-corrected chi connectivity index (χ3v) is 5.69. The molecule has 2 heterocycles. The monoisotopic (exact) mass is 384 g/mol. The van der Waals surface area contributed by atoms with Crippen LogP contribution in [-0.4, -0.2) is 48.5 Å². The molecule has 3 rings (SSSR count). The summed E-state index contributed by atoms with van der Waals surface area (Å²) in [5.41, 5.74) is 1.22. The second-order valence-electron chi connectivity index (χ2n) is 8.08. The molecular weight excluding hydrogens is 352 g/mol. The number of nitrogens with zero attached hydrogens (tertiary/aromatic N) is 2. The van der Waals surface area contributed by atoms with Crippen LogP contribution in [0.5, 0.6) is 5.75 Å². The molecule has 1 amide bonds. The lowest BCUT2D eigenvalue weighted by atomic mass is 9.87. The Morgan fingerprint density at radius 2 is 2.00 bits per heavy atom. The Morgan fingerprint density at radius 1 is 1.25 bits per heavy atom. The van der Waals surface area contributed by atoms with Gasteiger partial charge in [-0.1, -0.05) is 18.2 Å². The van der Waals surface area contributed by atoms with E-state index in [1.54, 1.807) is 14.0 Å². The minimum Gasteiger partial charge on any atom is -0.496 e. The largest absolute Gasteiger partial charge is 0.496 e. The van der Waals surface area contributed by atoms with Gasteiger partial charge in [-0.25, -0.2) is 0 Å². The van der Waals surface area contributed by atoms with Crippen LogP contribution in [0.1, 0.15) is 43.8 Å². The Morgan fingerprint density at radius 3 is 2.61 bits per heavy atom. The lowest BCUT2D eigenvalue weighted by molar-refractivity contribution is -0.131. The van der Waals surface area contributed by atoms with Crippen LogP contribution in [0.15, 0.2) is 40.8 Å². The van der Waals surface area contributed by atoms with E-state index in [9.17, 15) is 4.79 Å². The summed E-state index contributed by atoms with van der Waals surface area (Å²) in [6.45, 7) is 11.2. The topological polar surface area (TPSA) is 45.9 Å². The fourth-order valence-electron chi connectivity index (χ4n) is 4.35. The van der Waals surface area contributed by atoms with Gasteiger partial charge in [-0.15, -0.1) is 0 Å². The number of benzene rings is 1. The maximum Gasteiger partial charge on any atom is 0.219 e. The molecule has 5 nitrogen and oxygen atoms in total. The van der Waals surface area contributed by atoms with Crippen molar-refractivity contribution in [1.29, 1.82) is 0 Å². The summed E-state index contributed by atoms with van der Waals surface area (Å²) < 4.78 is 11.4. The van der Waals surface area contributed by atoms with Crippen molar-refractivity contribution in [2.24, 2.45) is 5.92 Å². The minimum absolute atomic E-state index is 0.133. The molecule has 28 heavy (non-hydrogen) atoms. The molecule has 1 aromatic heterocycles. The molecule has 2 atom stereocenters. The quantitative estimate of drug-likeness (QED) is 0.722. The predicted molar refractivity (Wildman–Crippen MR) is 110 cm³/mol. The Kier molecular flexibility index (Phi) is 6.45. The van der Waals surface area contributed by atoms with Crippen molar-refractivity contribution in [1.82, 2.24) is 9.80 Å². The first-order chi connectivity index (χ1) is 13.4. The molecule has 0 bridgehead atoms. The summed E-state index contributed by atoms with van der Waals surface area (Å²) in [6.07, 6.45) is 0. The van der Waals surface area contributed by atoms with E-state index < -0.39 is 0 Å². The molecule has 0 saturated carbocycles. The number of aryl methyl sites for hydroxylation is 1. The molecule has 0 N–H and O–H groups in total. The molecule has 1 aromatic carbocycles. The highest BCUT2D eigenvalue weighted by Gasteiger charge is 2.37. The summed E-state index contributed by atoms with van der Waals surface area (Å²) in [7, 11) is 1.72. The number of hydrogen-bond donors (Lipinski definition) is 0. The van der Waals surface area contributed by atoms with Gasteiger partial charge in [-0.2, -0.15) is 0 Å². The van der Waals surface area contributed by atoms with Crippen molar-refractivity contribution < 1.29 is 13.9 Å². The Bertz CT molecular complexity index is 799. The van der Waals surface area contributed by atoms with Crippen LogP contribution in [0.2, 0.25) is 0 Å². The number of likely N-dealkylation sites (tertiary alicyclic amines) is 1. The summed E-state index contributed by atoms with van der Waals surface area (Å²) in [5, 5.41) is 0. The third kappa shape index (κ3) is 4.58. The second-order valence-corrected chi connectivity index (χ2v) is 8.08. The number of hydrogen-bond acceptors (Lipinski definition) is 4. The number of ether oxygens (including phenoxy) is 1. The minimum atomic E-state index is 0.133. The standard InChI is InChI=1S/C23H32N2O3/c1-16(2)25(18(4)26)13-19-12-24(14-20-11-10-17(3)28-20)15-22(19)21-8-6-7-9-23(21)27-5/h6-11,16,19,22H,12-15H2,1-5H3. The van der Waals surface area contributed by atoms with Crippen LogP contribution in [0.25, 0.3) is 0 Å². The predicted octanol–water partition coefficient (Wildman–Crippen LogP) is 4.07. The Labute approximate surface area is 168 Å². The van der Waals surface area contributed by atoms with Gasteiger partial charge in [0.1, 0.15) is 17.3 Å².